The molecule has 2 N–H and O–H groups in total. The Morgan fingerprint density at radius 1 is 1.00 bits per heavy atom. The third kappa shape index (κ3) is 5.44. The third-order valence-corrected chi connectivity index (χ3v) is 2.92. The molecule has 2 aromatic carbocycles. The van der Waals surface area contributed by atoms with Gasteiger partial charge in [-0.05, 0) is 42.0 Å². The van der Waals surface area contributed by atoms with Crippen molar-refractivity contribution in [3.63, 3.8) is 0 Å². The van der Waals surface area contributed by atoms with Crippen molar-refractivity contribution in [2.24, 2.45) is 5.73 Å². The van der Waals surface area contributed by atoms with Crippen molar-refractivity contribution in [2.75, 3.05) is 13.2 Å². The van der Waals surface area contributed by atoms with E-state index in [1.54, 1.807) is 18.2 Å². The summed E-state index contributed by atoms with van der Waals surface area (Å²) in [5.41, 5.74) is 5.99. The summed E-state index contributed by atoms with van der Waals surface area (Å²) >= 11 is 0. The van der Waals surface area contributed by atoms with Crippen LogP contribution in [0.15, 0.2) is 48.5 Å². The molecule has 4 nitrogen and oxygen atoms in total. The molecule has 0 unspecified atom stereocenters. The van der Waals surface area contributed by atoms with Crippen molar-refractivity contribution >= 4 is 5.91 Å². The van der Waals surface area contributed by atoms with Gasteiger partial charge in [-0.25, -0.2) is 4.39 Å². The Kier molecular flexibility index (Phi) is 5.77. The Labute approximate surface area is 128 Å². The van der Waals surface area contributed by atoms with Gasteiger partial charge in [-0.1, -0.05) is 12.1 Å². The summed E-state index contributed by atoms with van der Waals surface area (Å²) in [5, 5.41) is 0. The zero-order chi connectivity index (χ0) is 15.8. The summed E-state index contributed by atoms with van der Waals surface area (Å²) in [6.45, 7) is 0.966. The van der Waals surface area contributed by atoms with Gasteiger partial charge in [0.2, 0.25) is 5.91 Å². The number of carbonyl (C=O) groups excluding carboxylic acids is 1. The van der Waals surface area contributed by atoms with Crippen LogP contribution >= 0.6 is 0 Å². The van der Waals surface area contributed by atoms with Crippen LogP contribution in [0.1, 0.15) is 12.0 Å². The van der Waals surface area contributed by atoms with E-state index in [-0.39, 0.29) is 18.1 Å². The summed E-state index contributed by atoms with van der Waals surface area (Å²) in [6, 6.07) is 13.2. The minimum Gasteiger partial charge on any atom is -0.493 e. The van der Waals surface area contributed by atoms with Crippen LogP contribution in [0.4, 0.5) is 4.39 Å². The quantitative estimate of drug-likeness (QED) is 0.763. The summed E-state index contributed by atoms with van der Waals surface area (Å²) in [4.78, 5) is 10.9. The van der Waals surface area contributed by atoms with Gasteiger partial charge in [0, 0.05) is 6.42 Å². The van der Waals surface area contributed by atoms with Gasteiger partial charge in [0.1, 0.15) is 17.3 Å². The van der Waals surface area contributed by atoms with Crippen LogP contribution in [-0.4, -0.2) is 19.1 Å². The fourth-order valence-electron chi connectivity index (χ4n) is 1.92. The molecule has 116 valence electrons. The first-order valence-corrected chi connectivity index (χ1v) is 7.02. The lowest BCUT2D eigenvalue weighted by Crippen LogP contribution is -2.13. The number of hydrogen-bond donors (Lipinski definition) is 1. The van der Waals surface area contributed by atoms with Crippen molar-refractivity contribution in [1.29, 1.82) is 0 Å². The second-order valence-corrected chi connectivity index (χ2v) is 4.79. The largest absolute Gasteiger partial charge is 0.493 e. The van der Waals surface area contributed by atoms with Crippen LogP contribution in [0, 0.1) is 5.82 Å². The van der Waals surface area contributed by atoms with Gasteiger partial charge < -0.3 is 15.2 Å². The summed E-state index contributed by atoms with van der Waals surface area (Å²) < 4.78 is 23.8. The van der Waals surface area contributed by atoms with E-state index < -0.39 is 0 Å². The Bertz CT molecular complexity index is 614. The molecule has 0 heterocycles. The Morgan fingerprint density at radius 3 is 2.36 bits per heavy atom. The number of ether oxygens (including phenoxy) is 2. The molecular formula is C17H18FNO3. The second-order valence-electron chi connectivity index (χ2n) is 4.79. The van der Waals surface area contributed by atoms with E-state index in [0.29, 0.717) is 31.1 Å². The van der Waals surface area contributed by atoms with Crippen LogP contribution in [0.3, 0.4) is 0 Å². The normalized spacial score (nSPS) is 10.2. The molecule has 2 rings (SSSR count). The first-order valence-electron chi connectivity index (χ1n) is 7.02. The Balaban J connectivity index is 1.70. The highest BCUT2D eigenvalue weighted by molar-refractivity contribution is 5.76. The number of primary amides is 1. The van der Waals surface area contributed by atoms with E-state index >= 15 is 0 Å². The maximum Gasteiger partial charge on any atom is 0.221 e. The molecule has 0 bridgehead atoms. The molecule has 1 amide bonds. The molecule has 0 aromatic heterocycles. The molecule has 0 atom stereocenters. The van der Waals surface area contributed by atoms with Crippen molar-refractivity contribution in [2.45, 2.75) is 12.8 Å². The Hall–Kier alpha value is -2.56. The molecule has 0 aliphatic heterocycles. The number of benzene rings is 2. The lowest BCUT2D eigenvalue weighted by atomic mass is 10.1. The third-order valence-electron chi connectivity index (χ3n) is 2.92. The van der Waals surface area contributed by atoms with Gasteiger partial charge in [0.15, 0.2) is 0 Å². The van der Waals surface area contributed by atoms with Gasteiger partial charge in [-0.2, -0.15) is 0 Å². The number of halogens is 1. The van der Waals surface area contributed by atoms with E-state index in [1.165, 1.54) is 12.1 Å². The first kappa shape index (κ1) is 15.8. The number of nitrogens with two attached hydrogens (primary N) is 1. The fourth-order valence-corrected chi connectivity index (χ4v) is 1.92. The van der Waals surface area contributed by atoms with E-state index in [9.17, 15) is 9.18 Å². The summed E-state index contributed by atoms with van der Waals surface area (Å²) in [6.07, 6.45) is 0.891. The maximum absolute atomic E-state index is 12.7. The average molecular weight is 303 g/mol. The zero-order valence-electron chi connectivity index (χ0n) is 12.1. The topological polar surface area (TPSA) is 61.6 Å². The zero-order valence-corrected chi connectivity index (χ0v) is 12.1. The van der Waals surface area contributed by atoms with Crippen LogP contribution in [0.25, 0.3) is 0 Å². The van der Waals surface area contributed by atoms with Crippen LogP contribution in [0.2, 0.25) is 0 Å². The van der Waals surface area contributed by atoms with E-state index in [4.69, 9.17) is 15.2 Å². The SMILES string of the molecule is NC(=O)Cc1cccc(OCCCOc2ccc(F)cc2)c1. The maximum atomic E-state index is 12.7. The summed E-state index contributed by atoms with van der Waals surface area (Å²) in [5.74, 6) is 0.668. The molecule has 0 saturated heterocycles. The van der Waals surface area contributed by atoms with Crippen LogP contribution < -0.4 is 15.2 Å². The minimum absolute atomic E-state index is 0.199. The molecule has 0 spiro atoms. The van der Waals surface area contributed by atoms with Crippen LogP contribution in [0.5, 0.6) is 11.5 Å². The van der Waals surface area contributed by atoms with Gasteiger partial charge in [0.25, 0.3) is 0 Å². The average Bonchev–Trinajstić information content (AvgIpc) is 2.48. The van der Waals surface area contributed by atoms with E-state index in [2.05, 4.69) is 0 Å². The molecule has 22 heavy (non-hydrogen) atoms. The standard InChI is InChI=1S/C17H18FNO3/c18-14-5-7-15(8-6-14)21-9-2-10-22-16-4-1-3-13(11-16)12-17(19)20/h1,3-8,11H,2,9-10,12H2,(H2,19,20). The van der Waals surface area contributed by atoms with Gasteiger partial charge in [0.05, 0.1) is 19.6 Å². The highest BCUT2D eigenvalue weighted by Crippen LogP contribution is 2.14. The second kappa shape index (κ2) is 8.02. The number of rotatable bonds is 8. The van der Waals surface area contributed by atoms with Crippen molar-refractivity contribution in [3.05, 3.63) is 59.9 Å². The monoisotopic (exact) mass is 303 g/mol. The molecule has 0 radical (unpaired) electrons. The molecule has 0 aliphatic carbocycles. The fraction of sp³-hybridized carbons (Fsp3) is 0.235. The highest BCUT2D eigenvalue weighted by Gasteiger charge is 2.01. The van der Waals surface area contributed by atoms with Gasteiger partial charge in [-0.3, -0.25) is 4.79 Å². The lowest BCUT2D eigenvalue weighted by Gasteiger charge is -2.09. The lowest BCUT2D eigenvalue weighted by molar-refractivity contribution is -0.117. The predicted octanol–water partition coefficient (Wildman–Crippen LogP) is 2.70. The first-order chi connectivity index (χ1) is 10.6. The molecule has 0 saturated carbocycles. The molecule has 5 heteroatoms. The number of carbonyl (C=O) groups is 1. The van der Waals surface area contributed by atoms with Crippen LogP contribution in [-0.2, 0) is 11.2 Å². The Morgan fingerprint density at radius 2 is 1.68 bits per heavy atom. The van der Waals surface area contributed by atoms with Crippen molar-refractivity contribution in [1.82, 2.24) is 0 Å². The van der Waals surface area contributed by atoms with Gasteiger partial charge in [-0.15, -0.1) is 0 Å². The van der Waals surface area contributed by atoms with E-state index in [0.717, 1.165) is 5.56 Å². The molecule has 0 fully saturated rings. The number of amides is 1. The predicted molar refractivity (Wildman–Crippen MR) is 81.3 cm³/mol. The minimum atomic E-state index is -0.371. The van der Waals surface area contributed by atoms with Crippen molar-refractivity contribution in [3.8, 4) is 11.5 Å². The van der Waals surface area contributed by atoms with Gasteiger partial charge >= 0.3 is 0 Å². The smallest absolute Gasteiger partial charge is 0.221 e. The molecular weight excluding hydrogens is 285 g/mol. The van der Waals surface area contributed by atoms with E-state index in [1.807, 2.05) is 18.2 Å². The highest BCUT2D eigenvalue weighted by atomic mass is 19.1. The number of hydrogen-bond acceptors (Lipinski definition) is 3. The van der Waals surface area contributed by atoms with Crippen molar-refractivity contribution < 1.29 is 18.7 Å². The summed E-state index contributed by atoms with van der Waals surface area (Å²) in [7, 11) is 0. The molecule has 0 aliphatic rings. The molecule has 2 aromatic rings.